The fourth-order valence-electron chi connectivity index (χ4n) is 1.45. The Morgan fingerprint density at radius 1 is 0.875 bits per heavy atom. The van der Waals surface area contributed by atoms with Gasteiger partial charge in [-0.25, -0.2) is 0 Å². The Kier molecular flexibility index (Phi) is 10.2. The van der Waals surface area contributed by atoms with Crippen molar-refractivity contribution in [3.8, 4) is 0 Å². The van der Waals surface area contributed by atoms with Gasteiger partial charge in [0.1, 0.15) is 0 Å². The summed E-state index contributed by atoms with van der Waals surface area (Å²) in [5.41, 5.74) is 0. The van der Waals surface area contributed by atoms with E-state index in [0.717, 1.165) is 38.6 Å². The summed E-state index contributed by atoms with van der Waals surface area (Å²) >= 11 is 0. The van der Waals surface area contributed by atoms with Crippen LogP contribution in [-0.4, -0.2) is 56.9 Å². The average molecular weight is 251 g/mol. The van der Waals surface area contributed by atoms with Crippen LogP contribution in [0.5, 0.6) is 0 Å². The summed E-state index contributed by atoms with van der Waals surface area (Å²) in [5.74, 6) is 0. The van der Waals surface area contributed by atoms with E-state index < -0.39 is 8.80 Å². The Labute approximate surface area is 99.8 Å². The minimum Gasteiger partial charge on any atom is -0.385 e. The number of nitrogens with one attached hydrogen (secondary N) is 1. The Hall–Kier alpha value is 0.0169. The number of methoxy groups -OCH3 is 1. The van der Waals surface area contributed by atoms with Crippen molar-refractivity contribution >= 4 is 8.80 Å². The van der Waals surface area contributed by atoms with Crippen LogP contribution < -0.4 is 5.32 Å². The molecular formula is C10H25NO4Si. The molecule has 0 aliphatic carbocycles. The number of rotatable bonds is 11. The lowest BCUT2D eigenvalue weighted by Crippen LogP contribution is -2.43. The molecule has 0 aliphatic heterocycles. The van der Waals surface area contributed by atoms with Gasteiger partial charge in [-0.1, -0.05) is 0 Å². The lowest BCUT2D eigenvalue weighted by Gasteiger charge is -2.24. The van der Waals surface area contributed by atoms with Gasteiger partial charge in [0.25, 0.3) is 0 Å². The highest BCUT2D eigenvalue weighted by Crippen LogP contribution is 2.14. The van der Waals surface area contributed by atoms with Crippen LogP contribution in [0, 0.1) is 0 Å². The molecule has 0 aliphatic rings. The molecule has 0 aromatic carbocycles. The number of hydrogen-bond acceptors (Lipinski definition) is 5. The minimum atomic E-state index is -2.36. The summed E-state index contributed by atoms with van der Waals surface area (Å²) in [6.45, 7) is 2.74. The summed E-state index contributed by atoms with van der Waals surface area (Å²) in [5, 5.41) is 3.34. The van der Waals surface area contributed by atoms with E-state index in [9.17, 15) is 0 Å². The van der Waals surface area contributed by atoms with Crippen LogP contribution >= 0.6 is 0 Å². The van der Waals surface area contributed by atoms with Gasteiger partial charge in [0.15, 0.2) is 0 Å². The molecule has 16 heavy (non-hydrogen) atoms. The van der Waals surface area contributed by atoms with Crippen LogP contribution in [0.4, 0.5) is 0 Å². The summed E-state index contributed by atoms with van der Waals surface area (Å²) < 4.78 is 20.9. The van der Waals surface area contributed by atoms with E-state index in [1.807, 2.05) is 0 Å². The van der Waals surface area contributed by atoms with Crippen molar-refractivity contribution in [3.63, 3.8) is 0 Å². The maximum absolute atomic E-state index is 5.33. The molecule has 0 fully saturated rings. The quantitative estimate of drug-likeness (QED) is 0.436. The maximum atomic E-state index is 5.33. The predicted molar refractivity (Wildman–Crippen MR) is 65.6 cm³/mol. The molecule has 5 nitrogen and oxygen atoms in total. The van der Waals surface area contributed by atoms with Gasteiger partial charge in [-0.3, -0.25) is 0 Å². The molecule has 0 aromatic heterocycles. The Bertz CT molecular complexity index is 147. The molecule has 0 bridgehead atoms. The van der Waals surface area contributed by atoms with Gasteiger partial charge >= 0.3 is 8.80 Å². The van der Waals surface area contributed by atoms with Gasteiger partial charge in [-0.15, -0.1) is 0 Å². The van der Waals surface area contributed by atoms with Gasteiger partial charge in [0.2, 0.25) is 0 Å². The number of ether oxygens (including phenoxy) is 1. The van der Waals surface area contributed by atoms with Crippen molar-refractivity contribution in [1.29, 1.82) is 0 Å². The molecule has 0 saturated heterocycles. The second-order valence-corrected chi connectivity index (χ2v) is 6.59. The minimum absolute atomic E-state index is 0.805. The maximum Gasteiger partial charge on any atom is 0.500 e. The third-order valence-corrected chi connectivity index (χ3v) is 5.30. The third-order valence-electron chi connectivity index (χ3n) is 2.47. The van der Waals surface area contributed by atoms with Crippen LogP contribution in [0.3, 0.4) is 0 Å². The highest BCUT2D eigenvalue weighted by atomic mass is 28.4. The SMILES string of the molecule is COCCCNCCC[Si](OC)(OC)OC. The van der Waals surface area contributed by atoms with Crippen LogP contribution in [0.15, 0.2) is 0 Å². The summed E-state index contributed by atoms with van der Waals surface area (Å²) in [6, 6.07) is 0.841. The van der Waals surface area contributed by atoms with Gasteiger partial charge in [-0.2, -0.15) is 0 Å². The molecule has 0 radical (unpaired) electrons. The first kappa shape index (κ1) is 16.0. The van der Waals surface area contributed by atoms with E-state index in [2.05, 4.69) is 5.32 Å². The molecule has 1 N–H and O–H groups in total. The topological polar surface area (TPSA) is 49.0 Å². The first-order valence-corrected chi connectivity index (χ1v) is 7.53. The van der Waals surface area contributed by atoms with Crippen LogP contribution in [-0.2, 0) is 18.0 Å². The van der Waals surface area contributed by atoms with Gasteiger partial charge in [0.05, 0.1) is 0 Å². The molecule has 0 atom stereocenters. The van der Waals surface area contributed by atoms with Crippen LogP contribution in [0.2, 0.25) is 6.04 Å². The molecule has 0 saturated carbocycles. The van der Waals surface area contributed by atoms with E-state index in [1.54, 1.807) is 28.4 Å². The van der Waals surface area contributed by atoms with Gasteiger partial charge < -0.3 is 23.3 Å². The Morgan fingerprint density at radius 2 is 1.44 bits per heavy atom. The molecule has 0 aromatic rings. The molecular weight excluding hydrogens is 226 g/mol. The van der Waals surface area contributed by atoms with E-state index in [0.29, 0.717) is 0 Å². The second kappa shape index (κ2) is 10.2. The largest absolute Gasteiger partial charge is 0.500 e. The molecule has 98 valence electrons. The highest BCUT2D eigenvalue weighted by molar-refractivity contribution is 6.60. The smallest absolute Gasteiger partial charge is 0.385 e. The zero-order valence-electron chi connectivity index (χ0n) is 10.9. The zero-order valence-corrected chi connectivity index (χ0v) is 11.9. The van der Waals surface area contributed by atoms with Crippen molar-refractivity contribution in [2.24, 2.45) is 0 Å². The van der Waals surface area contributed by atoms with Crippen LogP contribution in [0.25, 0.3) is 0 Å². The zero-order chi connectivity index (χ0) is 12.3. The van der Waals surface area contributed by atoms with Crippen LogP contribution in [0.1, 0.15) is 12.8 Å². The van der Waals surface area contributed by atoms with Gasteiger partial charge in [0, 0.05) is 41.1 Å². The standard InChI is InChI=1S/C10H25NO4Si/c1-12-9-5-7-11-8-6-10-16(13-2,14-3)15-4/h11H,5-10H2,1-4H3. The van der Waals surface area contributed by atoms with E-state index in [4.69, 9.17) is 18.0 Å². The van der Waals surface area contributed by atoms with E-state index >= 15 is 0 Å². The van der Waals surface area contributed by atoms with Crippen molar-refractivity contribution < 1.29 is 18.0 Å². The summed E-state index contributed by atoms with van der Waals surface area (Å²) in [7, 11) is 4.29. The van der Waals surface area contributed by atoms with Gasteiger partial charge in [-0.05, 0) is 25.9 Å². The van der Waals surface area contributed by atoms with Crippen molar-refractivity contribution in [1.82, 2.24) is 5.32 Å². The Morgan fingerprint density at radius 3 is 1.94 bits per heavy atom. The predicted octanol–water partition coefficient (Wildman–Crippen LogP) is 0.881. The summed E-state index contributed by atoms with van der Waals surface area (Å²) in [6.07, 6.45) is 2.03. The first-order valence-electron chi connectivity index (χ1n) is 5.59. The third kappa shape index (κ3) is 6.57. The average Bonchev–Trinajstić information content (AvgIpc) is 2.34. The molecule has 0 spiro atoms. The van der Waals surface area contributed by atoms with Crippen molar-refractivity contribution in [2.75, 3.05) is 48.1 Å². The normalized spacial score (nSPS) is 12.0. The summed E-state index contributed by atoms with van der Waals surface area (Å²) in [4.78, 5) is 0. The monoisotopic (exact) mass is 251 g/mol. The second-order valence-electron chi connectivity index (χ2n) is 3.50. The Balaban J connectivity index is 3.48. The number of hydrogen-bond donors (Lipinski definition) is 1. The highest BCUT2D eigenvalue weighted by Gasteiger charge is 2.36. The molecule has 6 heteroatoms. The van der Waals surface area contributed by atoms with E-state index in [-0.39, 0.29) is 0 Å². The van der Waals surface area contributed by atoms with Crippen molar-refractivity contribution in [3.05, 3.63) is 0 Å². The first-order chi connectivity index (χ1) is 7.74. The van der Waals surface area contributed by atoms with Crippen molar-refractivity contribution in [2.45, 2.75) is 18.9 Å². The lowest BCUT2D eigenvalue weighted by atomic mass is 10.4. The molecule has 0 unspecified atom stereocenters. The molecule has 0 amide bonds. The molecule has 0 heterocycles. The fraction of sp³-hybridized carbons (Fsp3) is 1.00. The fourth-order valence-corrected chi connectivity index (χ4v) is 3.17. The molecule has 0 rings (SSSR count). The van der Waals surface area contributed by atoms with E-state index in [1.165, 1.54) is 0 Å². The lowest BCUT2D eigenvalue weighted by molar-refractivity contribution is 0.123.